The summed E-state index contributed by atoms with van der Waals surface area (Å²) >= 11 is 1.68. The van der Waals surface area contributed by atoms with Crippen LogP contribution in [0.2, 0.25) is 0 Å². The predicted octanol–water partition coefficient (Wildman–Crippen LogP) is 3.31. The molecule has 4 rings (SSSR count). The molecular weight excluding hydrogens is 273 g/mol. The number of aryl methyl sites for hydroxylation is 1. The molecule has 20 heavy (non-hydrogen) atoms. The molecule has 2 aromatic rings. The molecule has 1 unspecified atom stereocenters. The Hall–Kier alpha value is -1.46. The minimum Gasteiger partial charge on any atom is -0.323 e. The van der Waals surface area contributed by atoms with Gasteiger partial charge in [0, 0.05) is 23.2 Å². The van der Waals surface area contributed by atoms with E-state index in [4.69, 9.17) is 10.7 Å². The number of halogens is 1. The van der Waals surface area contributed by atoms with Crippen LogP contribution in [-0.4, -0.2) is 11.5 Å². The van der Waals surface area contributed by atoms with Gasteiger partial charge in [-0.15, -0.1) is 0 Å². The summed E-state index contributed by atoms with van der Waals surface area (Å²) in [6.07, 6.45) is 4.12. The fraction of sp³-hybridized carbons (Fsp3) is 0.400. The Labute approximate surface area is 121 Å². The van der Waals surface area contributed by atoms with Crippen LogP contribution in [0.1, 0.15) is 35.0 Å². The maximum Gasteiger partial charge on any atom is 0.190 e. The highest BCUT2D eigenvalue weighted by Crippen LogP contribution is 2.41. The van der Waals surface area contributed by atoms with Crippen molar-refractivity contribution in [2.24, 2.45) is 5.73 Å². The fourth-order valence-corrected chi connectivity index (χ4v) is 4.29. The van der Waals surface area contributed by atoms with Gasteiger partial charge >= 0.3 is 0 Å². The van der Waals surface area contributed by atoms with Gasteiger partial charge in [-0.2, -0.15) is 0 Å². The Balaban J connectivity index is 1.75. The average molecular weight is 289 g/mol. The zero-order valence-corrected chi connectivity index (χ0v) is 11.9. The molecule has 1 aliphatic heterocycles. The van der Waals surface area contributed by atoms with E-state index in [-0.39, 0.29) is 11.9 Å². The summed E-state index contributed by atoms with van der Waals surface area (Å²) in [5.41, 5.74) is 9.48. The summed E-state index contributed by atoms with van der Waals surface area (Å²) in [6.45, 7) is 0.875. The van der Waals surface area contributed by atoms with Gasteiger partial charge in [-0.3, -0.25) is 0 Å². The summed E-state index contributed by atoms with van der Waals surface area (Å²) in [4.78, 5) is 8.11. The smallest absolute Gasteiger partial charge is 0.190 e. The number of fused-ring (bicyclic) bond motifs is 2. The van der Waals surface area contributed by atoms with Crippen LogP contribution in [0.4, 0.5) is 15.2 Å². The molecule has 0 saturated heterocycles. The molecule has 1 atom stereocenters. The molecule has 3 nitrogen and oxygen atoms in total. The van der Waals surface area contributed by atoms with E-state index >= 15 is 0 Å². The highest BCUT2D eigenvalue weighted by molar-refractivity contribution is 7.15. The maximum atomic E-state index is 13.5. The van der Waals surface area contributed by atoms with E-state index in [1.165, 1.54) is 16.5 Å². The van der Waals surface area contributed by atoms with Crippen molar-refractivity contribution in [1.82, 2.24) is 4.98 Å². The van der Waals surface area contributed by atoms with Gasteiger partial charge < -0.3 is 10.6 Å². The van der Waals surface area contributed by atoms with Gasteiger partial charge in [0.25, 0.3) is 0 Å². The first kappa shape index (κ1) is 12.3. The van der Waals surface area contributed by atoms with E-state index in [2.05, 4.69) is 4.90 Å². The number of hydrogen-bond acceptors (Lipinski definition) is 4. The molecule has 104 valence electrons. The van der Waals surface area contributed by atoms with Gasteiger partial charge in [0.1, 0.15) is 5.82 Å². The average Bonchev–Trinajstić information content (AvgIpc) is 3.02. The highest BCUT2D eigenvalue weighted by atomic mass is 32.1. The largest absolute Gasteiger partial charge is 0.323 e. The Bertz CT molecular complexity index is 667. The van der Waals surface area contributed by atoms with Gasteiger partial charge in [-0.05, 0) is 43.4 Å². The number of anilines is 2. The van der Waals surface area contributed by atoms with E-state index in [1.807, 2.05) is 6.07 Å². The second-order valence-electron chi connectivity index (χ2n) is 5.48. The number of rotatable bonds is 1. The Morgan fingerprint density at radius 2 is 2.25 bits per heavy atom. The van der Waals surface area contributed by atoms with Crippen LogP contribution in [-0.2, 0) is 12.8 Å². The van der Waals surface area contributed by atoms with Crippen molar-refractivity contribution in [3.63, 3.8) is 0 Å². The molecule has 1 aromatic carbocycles. The number of nitrogens with two attached hydrogens (primary N) is 1. The van der Waals surface area contributed by atoms with Gasteiger partial charge in [-0.1, -0.05) is 17.4 Å². The molecule has 0 fully saturated rings. The van der Waals surface area contributed by atoms with E-state index in [1.54, 1.807) is 17.4 Å². The summed E-state index contributed by atoms with van der Waals surface area (Å²) < 4.78 is 13.5. The SMILES string of the molecule is NC1CCCc2nc(N3CCc4ccc(F)cc43)sc21. The van der Waals surface area contributed by atoms with Crippen molar-refractivity contribution >= 4 is 22.2 Å². The lowest BCUT2D eigenvalue weighted by atomic mass is 9.99. The van der Waals surface area contributed by atoms with Crippen LogP contribution >= 0.6 is 11.3 Å². The third kappa shape index (κ3) is 1.84. The minimum absolute atomic E-state index is 0.125. The van der Waals surface area contributed by atoms with Crippen LogP contribution in [0.25, 0.3) is 0 Å². The van der Waals surface area contributed by atoms with Crippen molar-refractivity contribution in [1.29, 1.82) is 0 Å². The van der Waals surface area contributed by atoms with Crippen molar-refractivity contribution in [3.05, 3.63) is 40.2 Å². The molecule has 2 heterocycles. The first-order chi connectivity index (χ1) is 9.72. The van der Waals surface area contributed by atoms with Gasteiger partial charge in [0.05, 0.1) is 5.69 Å². The zero-order chi connectivity index (χ0) is 13.7. The minimum atomic E-state index is -0.186. The molecule has 0 radical (unpaired) electrons. The van der Waals surface area contributed by atoms with E-state index in [0.29, 0.717) is 0 Å². The van der Waals surface area contributed by atoms with Crippen LogP contribution in [0.15, 0.2) is 18.2 Å². The molecule has 2 aliphatic rings. The van der Waals surface area contributed by atoms with E-state index in [9.17, 15) is 4.39 Å². The molecule has 0 saturated carbocycles. The molecule has 0 bridgehead atoms. The number of aromatic nitrogens is 1. The third-order valence-corrected chi connectivity index (χ3v) is 5.41. The monoisotopic (exact) mass is 289 g/mol. The normalized spacial score (nSPS) is 20.9. The second kappa shape index (κ2) is 4.53. The van der Waals surface area contributed by atoms with Gasteiger partial charge in [0.2, 0.25) is 0 Å². The number of hydrogen-bond donors (Lipinski definition) is 1. The molecule has 0 amide bonds. The van der Waals surface area contributed by atoms with E-state index < -0.39 is 0 Å². The van der Waals surface area contributed by atoms with Crippen LogP contribution < -0.4 is 10.6 Å². The van der Waals surface area contributed by atoms with E-state index in [0.717, 1.165) is 48.7 Å². The van der Waals surface area contributed by atoms with Crippen molar-refractivity contribution in [2.45, 2.75) is 31.7 Å². The van der Waals surface area contributed by atoms with Crippen molar-refractivity contribution in [3.8, 4) is 0 Å². The lowest BCUT2D eigenvalue weighted by Gasteiger charge is -2.16. The van der Waals surface area contributed by atoms with Gasteiger partial charge in [-0.25, -0.2) is 9.37 Å². The molecule has 0 spiro atoms. The van der Waals surface area contributed by atoms with Gasteiger partial charge in [0.15, 0.2) is 5.13 Å². The molecule has 5 heteroatoms. The Morgan fingerprint density at radius 3 is 3.10 bits per heavy atom. The number of thiazole rings is 1. The van der Waals surface area contributed by atoms with Crippen LogP contribution in [0.3, 0.4) is 0 Å². The van der Waals surface area contributed by atoms with Crippen LogP contribution in [0.5, 0.6) is 0 Å². The topological polar surface area (TPSA) is 42.1 Å². The molecule has 1 aromatic heterocycles. The van der Waals surface area contributed by atoms with Crippen LogP contribution in [0, 0.1) is 5.82 Å². The summed E-state index contributed by atoms with van der Waals surface area (Å²) in [5.74, 6) is -0.186. The number of nitrogens with zero attached hydrogens (tertiary/aromatic N) is 2. The first-order valence-electron chi connectivity index (χ1n) is 7.03. The summed E-state index contributed by atoms with van der Waals surface area (Å²) in [6, 6.07) is 5.15. The lowest BCUT2D eigenvalue weighted by molar-refractivity contribution is 0.573. The Kier molecular flexibility index (Phi) is 2.79. The number of benzene rings is 1. The second-order valence-corrected chi connectivity index (χ2v) is 6.49. The maximum absolute atomic E-state index is 13.5. The predicted molar refractivity (Wildman–Crippen MR) is 79.1 cm³/mol. The molecular formula is C15H16FN3S. The third-order valence-electron chi connectivity index (χ3n) is 4.16. The zero-order valence-electron chi connectivity index (χ0n) is 11.1. The molecule has 1 aliphatic carbocycles. The summed E-state index contributed by atoms with van der Waals surface area (Å²) in [7, 11) is 0. The van der Waals surface area contributed by atoms with Crippen molar-refractivity contribution in [2.75, 3.05) is 11.4 Å². The molecule has 2 N–H and O–H groups in total. The highest BCUT2D eigenvalue weighted by Gasteiger charge is 2.27. The standard InChI is InChI=1S/C15H16FN3S/c16-10-5-4-9-6-7-19(13(9)8-10)15-18-12-3-1-2-11(17)14(12)20-15/h4-5,8,11H,1-3,6-7,17H2. The quantitative estimate of drug-likeness (QED) is 0.875. The first-order valence-corrected chi connectivity index (χ1v) is 7.85. The lowest BCUT2D eigenvalue weighted by Crippen LogP contribution is -2.15. The summed E-state index contributed by atoms with van der Waals surface area (Å²) in [5, 5.41) is 0.969. The fourth-order valence-electron chi connectivity index (χ4n) is 3.11. The van der Waals surface area contributed by atoms with Crippen molar-refractivity contribution < 1.29 is 4.39 Å². The Morgan fingerprint density at radius 1 is 1.35 bits per heavy atom.